The molecular formula is C17H17NO6. The van der Waals surface area contributed by atoms with Crippen LogP contribution in [0.5, 0.6) is 5.75 Å². The van der Waals surface area contributed by atoms with Crippen LogP contribution in [0.1, 0.15) is 25.3 Å². The molecule has 2 heterocycles. The molecule has 1 aliphatic rings. The van der Waals surface area contributed by atoms with Crippen molar-refractivity contribution < 1.29 is 23.8 Å². The van der Waals surface area contributed by atoms with Gasteiger partial charge in [-0.2, -0.15) is 0 Å². The topological polar surface area (TPSA) is 97.0 Å². The van der Waals surface area contributed by atoms with Gasteiger partial charge in [0.1, 0.15) is 11.3 Å². The van der Waals surface area contributed by atoms with Crippen molar-refractivity contribution in [3.8, 4) is 5.75 Å². The Labute approximate surface area is 137 Å². The molecule has 1 N–H and O–H groups in total. The first kappa shape index (κ1) is 16.0. The van der Waals surface area contributed by atoms with Crippen molar-refractivity contribution in [3.63, 3.8) is 0 Å². The highest BCUT2D eigenvalue weighted by molar-refractivity contribution is 5.94. The van der Waals surface area contributed by atoms with E-state index in [2.05, 4.69) is 0 Å². The number of carbonyl (C=O) groups excluding carboxylic acids is 1. The van der Waals surface area contributed by atoms with Gasteiger partial charge >= 0.3 is 11.6 Å². The van der Waals surface area contributed by atoms with Crippen molar-refractivity contribution in [1.29, 1.82) is 0 Å². The van der Waals surface area contributed by atoms with Gasteiger partial charge in [-0.1, -0.05) is 0 Å². The summed E-state index contributed by atoms with van der Waals surface area (Å²) < 4.78 is 10.3. The van der Waals surface area contributed by atoms with Crippen LogP contribution < -0.4 is 10.4 Å². The third-order valence-corrected chi connectivity index (χ3v) is 4.51. The maximum absolute atomic E-state index is 12.2. The summed E-state index contributed by atoms with van der Waals surface area (Å²) in [7, 11) is 1.48. The molecule has 0 aliphatic carbocycles. The fourth-order valence-electron chi connectivity index (χ4n) is 3.47. The maximum atomic E-state index is 12.2. The number of carboxylic acids is 1. The summed E-state index contributed by atoms with van der Waals surface area (Å²) in [5.74, 6) is -1.01. The molecule has 1 atom stereocenters. The number of hydrogen-bond acceptors (Lipinski definition) is 5. The van der Waals surface area contributed by atoms with Crippen LogP contribution in [0.15, 0.2) is 33.5 Å². The Morgan fingerprint density at radius 2 is 2.08 bits per heavy atom. The van der Waals surface area contributed by atoms with E-state index in [-0.39, 0.29) is 23.5 Å². The van der Waals surface area contributed by atoms with Crippen LogP contribution in [0.3, 0.4) is 0 Å². The van der Waals surface area contributed by atoms with E-state index >= 15 is 0 Å². The number of ether oxygens (including phenoxy) is 1. The van der Waals surface area contributed by atoms with Gasteiger partial charge < -0.3 is 19.2 Å². The van der Waals surface area contributed by atoms with Crippen LogP contribution in [-0.4, -0.2) is 35.5 Å². The first-order chi connectivity index (χ1) is 11.4. The SMILES string of the molecule is COc1ccc2c([C@@]3(C(=O)O)CCCN3C(C)=O)cc(=O)oc2c1. The third kappa shape index (κ3) is 2.24. The normalized spacial score (nSPS) is 20.3. The standard InChI is InChI=1S/C17H17NO6/c1-10(19)18-7-3-6-17(18,16(21)22)13-9-15(20)24-14-8-11(23-2)4-5-12(13)14/h4-5,8-9H,3,6-7H2,1-2H3,(H,21,22)/t17-/m1/s1. The zero-order valence-electron chi connectivity index (χ0n) is 13.4. The lowest BCUT2D eigenvalue weighted by Gasteiger charge is -2.35. The highest BCUT2D eigenvalue weighted by atomic mass is 16.5. The predicted octanol–water partition coefficient (Wildman–Crippen LogP) is 1.72. The van der Waals surface area contributed by atoms with Crippen molar-refractivity contribution in [2.45, 2.75) is 25.3 Å². The largest absolute Gasteiger partial charge is 0.497 e. The van der Waals surface area contributed by atoms with Crippen LogP contribution in [0.4, 0.5) is 0 Å². The molecule has 1 aromatic carbocycles. The van der Waals surface area contributed by atoms with Gasteiger partial charge in [0, 0.05) is 36.6 Å². The molecule has 0 saturated carbocycles. The number of likely N-dealkylation sites (tertiary alicyclic amines) is 1. The minimum absolute atomic E-state index is 0.230. The molecule has 0 radical (unpaired) electrons. The molecule has 126 valence electrons. The number of nitrogens with zero attached hydrogens (tertiary/aromatic N) is 1. The maximum Gasteiger partial charge on any atom is 0.336 e. The lowest BCUT2D eigenvalue weighted by Crippen LogP contribution is -2.50. The molecule has 0 bridgehead atoms. The van der Waals surface area contributed by atoms with Gasteiger partial charge in [-0.05, 0) is 25.0 Å². The minimum Gasteiger partial charge on any atom is -0.497 e. The Morgan fingerprint density at radius 3 is 2.71 bits per heavy atom. The van der Waals surface area contributed by atoms with Gasteiger partial charge in [0.15, 0.2) is 5.54 Å². The molecular weight excluding hydrogens is 314 g/mol. The number of carbonyl (C=O) groups is 2. The summed E-state index contributed by atoms with van der Waals surface area (Å²) in [5.41, 5.74) is -1.72. The average molecular weight is 331 g/mol. The molecule has 3 rings (SSSR count). The van der Waals surface area contributed by atoms with Gasteiger partial charge in [0.25, 0.3) is 0 Å². The van der Waals surface area contributed by atoms with Crippen LogP contribution in [-0.2, 0) is 15.1 Å². The van der Waals surface area contributed by atoms with Gasteiger partial charge in [-0.3, -0.25) is 4.79 Å². The summed E-state index contributed by atoms with van der Waals surface area (Å²) in [4.78, 5) is 37.5. The first-order valence-corrected chi connectivity index (χ1v) is 7.54. The van der Waals surface area contributed by atoms with E-state index in [0.29, 0.717) is 24.1 Å². The minimum atomic E-state index is -1.56. The van der Waals surface area contributed by atoms with Gasteiger partial charge in [-0.15, -0.1) is 0 Å². The van der Waals surface area contributed by atoms with Crippen molar-refractivity contribution >= 4 is 22.8 Å². The Morgan fingerprint density at radius 1 is 1.33 bits per heavy atom. The molecule has 2 aromatic rings. The number of carboxylic acid groups (broad SMARTS) is 1. The van der Waals surface area contributed by atoms with E-state index in [4.69, 9.17) is 9.15 Å². The molecule has 7 heteroatoms. The number of fused-ring (bicyclic) bond motifs is 1. The highest BCUT2D eigenvalue weighted by Gasteiger charge is 2.51. The van der Waals surface area contributed by atoms with E-state index in [9.17, 15) is 19.5 Å². The second-order valence-electron chi connectivity index (χ2n) is 5.78. The van der Waals surface area contributed by atoms with Crippen LogP contribution >= 0.6 is 0 Å². The molecule has 1 amide bonds. The molecule has 7 nitrogen and oxygen atoms in total. The summed E-state index contributed by atoms with van der Waals surface area (Å²) in [6, 6.07) is 6.01. The first-order valence-electron chi connectivity index (χ1n) is 7.54. The van der Waals surface area contributed by atoms with E-state index in [1.54, 1.807) is 12.1 Å². The molecule has 1 aromatic heterocycles. The van der Waals surface area contributed by atoms with Crippen molar-refractivity contribution in [3.05, 3.63) is 40.2 Å². The molecule has 1 fully saturated rings. The van der Waals surface area contributed by atoms with Gasteiger partial charge in [-0.25, -0.2) is 9.59 Å². The van der Waals surface area contributed by atoms with Crippen molar-refractivity contribution in [2.24, 2.45) is 0 Å². The second kappa shape index (κ2) is 5.67. The summed E-state index contributed by atoms with van der Waals surface area (Å²) >= 11 is 0. The van der Waals surface area contributed by atoms with Crippen LogP contribution in [0.2, 0.25) is 0 Å². The monoisotopic (exact) mass is 331 g/mol. The van der Waals surface area contributed by atoms with E-state index in [1.165, 1.54) is 31.1 Å². The predicted molar refractivity (Wildman–Crippen MR) is 85.0 cm³/mol. The van der Waals surface area contributed by atoms with E-state index in [1.807, 2.05) is 0 Å². The Kier molecular flexibility index (Phi) is 3.79. The van der Waals surface area contributed by atoms with Gasteiger partial charge in [0.05, 0.1) is 7.11 Å². The van der Waals surface area contributed by atoms with E-state index in [0.717, 1.165) is 0 Å². The Bertz CT molecular complexity index is 886. The lowest BCUT2D eigenvalue weighted by atomic mass is 9.85. The Balaban J connectivity index is 2.35. The van der Waals surface area contributed by atoms with Crippen molar-refractivity contribution in [2.75, 3.05) is 13.7 Å². The fourth-order valence-corrected chi connectivity index (χ4v) is 3.47. The molecule has 0 unspecified atom stereocenters. The number of benzene rings is 1. The Hall–Kier alpha value is -2.83. The highest BCUT2D eigenvalue weighted by Crippen LogP contribution is 2.42. The molecule has 1 aliphatic heterocycles. The summed E-state index contributed by atoms with van der Waals surface area (Å²) in [6.45, 7) is 1.67. The summed E-state index contributed by atoms with van der Waals surface area (Å²) in [5, 5.41) is 10.4. The van der Waals surface area contributed by atoms with Gasteiger partial charge in [0.2, 0.25) is 5.91 Å². The fraction of sp³-hybridized carbons (Fsp3) is 0.353. The summed E-state index contributed by atoms with van der Waals surface area (Å²) in [6.07, 6.45) is 0.788. The number of rotatable bonds is 3. The number of methoxy groups -OCH3 is 1. The third-order valence-electron chi connectivity index (χ3n) is 4.51. The zero-order valence-corrected chi connectivity index (χ0v) is 13.4. The quantitative estimate of drug-likeness (QED) is 0.860. The second-order valence-corrected chi connectivity index (χ2v) is 5.78. The number of aliphatic carboxylic acids is 1. The van der Waals surface area contributed by atoms with E-state index < -0.39 is 17.1 Å². The van der Waals surface area contributed by atoms with Crippen LogP contribution in [0.25, 0.3) is 11.0 Å². The van der Waals surface area contributed by atoms with Crippen molar-refractivity contribution in [1.82, 2.24) is 4.90 Å². The molecule has 0 spiro atoms. The molecule has 24 heavy (non-hydrogen) atoms. The zero-order chi connectivity index (χ0) is 17.5. The number of hydrogen-bond donors (Lipinski definition) is 1. The molecule has 1 saturated heterocycles. The lowest BCUT2D eigenvalue weighted by molar-refractivity contribution is -0.156. The van der Waals surface area contributed by atoms with Crippen LogP contribution in [0, 0.1) is 0 Å². The average Bonchev–Trinajstić information content (AvgIpc) is 2.99. The smallest absolute Gasteiger partial charge is 0.336 e. The number of amides is 1.